The number of carbonyl (C=O) groups is 2. The van der Waals surface area contributed by atoms with Crippen LogP contribution >= 0.6 is 0 Å². The molecule has 2 heterocycles. The summed E-state index contributed by atoms with van der Waals surface area (Å²) in [7, 11) is 0. The normalized spacial score (nSPS) is 13.4. The second-order valence-corrected chi connectivity index (χ2v) is 3.95. The summed E-state index contributed by atoms with van der Waals surface area (Å²) in [5.41, 5.74) is 0.425. The third-order valence-corrected chi connectivity index (χ3v) is 2.78. The first kappa shape index (κ1) is 13.3. The number of ether oxygens (including phenoxy) is 2. The molecule has 102 valence electrons. The molecule has 1 aliphatic heterocycles. The molecule has 0 saturated heterocycles. The van der Waals surface area contributed by atoms with Crippen molar-refractivity contribution >= 4 is 17.5 Å². The summed E-state index contributed by atoms with van der Waals surface area (Å²) in [6.07, 6.45) is 0. The Morgan fingerprint density at radius 3 is 2.42 bits per heavy atom. The third kappa shape index (κ3) is 2.23. The molecule has 1 aromatic heterocycles. The lowest BCUT2D eigenvalue weighted by molar-refractivity contribution is -0.140. The summed E-state index contributed by atoms with van der Waals surface area (Å²) < 4.78 is 11.6. The highest BCUT2D eigenvalue weighted by molar-refractivity contribution is 6.22. The van der Waals surface area contributed by atoms with Gasteiger partial charge in [-0.05, 0) is 20.8 Å². The molecule has 0 radical (unpaired) electrons. The summed E-state index contributed by atoms with van der Waals surface area (Å²) in [5, 5.41) is 7.81. The van der Waals surface area contributed by atoms with Crippen molar-refractivity contribution in [3.05, 3.63) is 17.2 Å². The van der Waals surface area contributed by atoms with E-state index in [-0.39, 0.29) is 30.9 Å². The van der Waals surface area contributed by atoms with E-state index < -0.39 is 11.9 Å². The molecule has 0 bridgehead atoms. The number of esters is 2. The number of rotatable bonds is 4. The predicted molar refractivity (Wildman–Crippen MR) is 64.9 cm³/mol. The first-order valence-electron chi connectivity index (χ1n) is 6.07. The average Bonchev–Trinajstić information content (AvgIpc) is 2.90. The van der Waals surface area contributed by atoms with Gasteiger partial charge in [0.1, 0.15) is 11.4 Å². The van der Waals surface area contributed by atoms with Crippen LogP contribution in [0.4, 0.5) is 0 Å². The first-order valence-corrected chi connectivity index (χ1v) is 6.07. The van der Waals surface area contributed by atoms with Gasteiger partial charge in [-0.25, -0.2) is 9.59 Å². The van der Waals surface area contributed by atoms with Gasteiger partial charge in [0.25, 0.3) is 0 Å². The molecule has 0 aliphatic carbocycles. The van der Waals surface area contributed by atoms with Gasteiger partial charge in [0.15, 0.2) is 5.82 Å². The van der Waals surface area contributed by atoms with E-state index in [1.807, 2.05) is 0 Å². The van der Waals surface area contributed by atoms with Gasteiger partial charge in [0.2, 0.25) is 0 Å². The second-order valence-electron chi connectivity index (χ2n) is 3.95. The van der Waals surface area contributed by atoms with Gasteiger partial charge in [-0.2, -0.15) is 0 Å². The SMILES string of the molecule is CCOC(=O)C1=C(C(=O)OCC)c2nnc(C)n2C1. The van der Waals surface area contributed by atoms with Crippen LogP contribution < -0.4 is 0 Å². The molecule has 7 nitrogen and oxygen atoms in total. The summed E-state index contributed by atoms with van der Waals surface area (Å²) in [4.78, 5) is 23.9. The van der Waals surface area contributed by atoms with Crippen LogP contribution in [0.1, 0.15) is 25.5 Å². The Labute approximate surface area is 110 Å². The van der Waals surface area contributed by atoms with Crippen molar-refractivity contribution in [3.8, 4) is 0 Å². The Morgan fingerprint density at radius 1 is 1.16 bits per heavy atom. The van der Waals surface area contributed by atoms with E-state index in [2.05, 4.69) is 10.2 Å². The smallest absolute Gasteiger partial charge is 0.342 e. The largest absolute Gasteiger partial charge is 0.463 e. The minimum Gasteiger partial charge on any atom is -0.463 e. The van der Waals surface area contributed by atoms with Crippen molar-refractivity contribution in [1.29, 1.82) is 0 Å². The van der Waals surface area contributed by atoms with Crippen LogP contribution in [0.5, 0.6) is 0 Å². The van der Waals surface area contributed by atoms with E-state index in [0.717, 1.165) is 0 Å². The highest BCUT2D eigenvalue weighted by Gasteiger charge is 2.35. The zero-order valence-electron chi connectivity index (χ0n) is 11.1. The lowest BCUT2D eigenvalue weighted by atomic mass is 10.1. The molecule has 7 heteroatoms. The molecule has 2 rings (SSSR count). The number of aryl methyl sites for hydroxylation is 1. The monoisotopic (exact) mass is 265 g/mol. The van der Waals surface area contributed by atoms with Gasteiger partial charge in [0.05, 0.1) is 25.3 Å². The zero-order valence-corrected chi connectivity index (χ0v) is 11.1. The maximum Gasteiger partial charge on any atom is 0.342 e. The third-order valence-electron chi connectivity index (χ3n) is 2.78. The van der Waals surface area contributed by atoms with Crippen LogP contribution in [0.2, 0.25) is 0 Å². The van der Waals surface area contributed by atoms with Gasteiger partial charge in [-0.15, -0.1) is 10.2 Å². The van der Waals surface area contributed by atoms with Crippen molar-refractivity contribution < 1.29 is 19.1 Å². The Kier molecular flexibility index (Phi) is 3.64. The number of hydrogen-bond donors (Lipinski definition) is 0. The zero-order chi connectivity index (χ0) is 14.0. The summed E-state index contributed by atoms with van der Waals surface area (Å²) >= 11 is 0. The molecule has 0 atom stereocenters. The van der Waals surface area contributed by atoms with Crippen LogP contribution in [-0.4, -0.2) is 39.9 Å². The van der Waals surface area contributed by atoms with Gasteiger partial charge in [-0.1, -0.05) is 0 Å². The molecule has 0 saturated carbocycles. The Morgan fingerprint density at radius 2 is 1.79 bits per heavy atom. The number of aromatic nitrogens is 3. The lowest BCUT2D eigenvalue weighted by Crippen LogP contribution is -2.14. The fourth-order valence-electron chi connectivity index (χ4n) is 1.93. The van der Waals surface area contributed by atoms with Gasteiger partial charge in [0, 0.05) is 0 Å². The number of fused-ring (bicyclic) bond motifs is 1. The molecule has 0 fully saturated rings. The maximum absolute atomic E-state index is 12.0. The highest BCUT2D eigenvalue weighted by atomic mass is 16.5. The van der Waals surface area contributed by atoms with Crippen molar-refractivity contribution in [2.45, 2.75) is 27.3 Å². The molecule has 1 aliphatic rings. The van der Waals surface area contributed by atoms with E-state index in [4.69, 9.17) is 9.47 Å². The van der Waals surface area contributed by atoms with E-state index in [9.17, 15) is 9.59 Å². The average molecular weight is 265 g/mol. The lowest BCUT2D eigenvalue weighted by Gasteiger charge is -2.05. The fourth-order valence-corrected chi connectivity index (χ4v) is 1.93. The number of nitrogens with zero attached hydrogens (tertiary/aromatic N) is 3. The molecular weight excluding hydrogens is 250 g/mol. The molecule has 0 amide bonds. The van der Waals surface area contributed by atoms with Crippen molar-refractivity contribution in [1.82, 2.24) is 14.8 Å². The van der Waals surface area contributed by atoms with Crippen LogP contribution in [0, 0.1) is 6.92 Å². The number of carbonyl (C=O) groups excluding carboxylic acids is 2. The van der Waals surface area contributed by atoms with Crippen LogP contribution in [0.3, 0.4) is 0 Å². The van der Waals surface area contributed by atoms with Gasteiger partial charge >= 0.3 is 11.9 Å². The minimum absolute atomic E-state index is 0.154. The van der Waals surface area contributed by atoms with Crippen LogP contribution in [0.25, 0.3) is 5.57 Å². The quantitative estimate of drug-likeness (QED) is 0.736. The highest BCUT2D eigenvalue weighted by Crippen LogP contribution is 2.29. The molecule has 1 aromatic rings. The Hall–Kier alpha value is -2.18. The Balaban J connectivity index is 2.44. The molecule has 0 unspecified atom stereocenters. The molecule has 19 heavy (non-hydrogen) atoms. The van der Waals surface area contributed by atoms with Crippen LogP contribution in [-0.2, 0) is 25.6 Å². The van der Waals surface area contributed by atoms with E-state index in [1.165, 1.54) is 0 Å². The standard InChI is InChI=1S/C12H15N3O4/c1-4-18-11(16)8-6-15-7(3)13-14-10(15)9(8)12(17)19-5-2/h4-6H2,1-3H3. The minimum atomic E-state index is -0.572. The van der Waals surface area contributed by atoms with E-state index >= 15 is 0 Å². The fraction of sp³-hybridized carbons (Fsp3) is 0.500. The van der Waals surface area contributed by atoms with Crippen molar-refractivity contribution in [2.75, 3.05) is 13.2 Å². The Bertz CT molecular complexity index is 559. The summed E-state index contributed by atoms with van der Waals surface area (Å²) in [6.45, 7) is 5.88. The van der Waals surface area contributed by atoms with Crippen molar-refractivity contribution in [3.63, 3.8) is 0 Å². The molecule has 0 aromatic carbocycles. The predicted octanol–water partition coefficient (Wildman–Crippen LogP) is 0.480. The summed E-state index contributed by atoms with van der Waals surface area (Å²) in [5.74, 6) is -0.0951. The van der Waals surface area contributed by atoms with Gasteiger partial charge in [-0.3, -0.25) is 0 Å². The summed E-state index contributed by atoms with van der Waals surface area (Å²) in [6, 6.07) is 0. The number of hydrogen-bond acceptors (Lipinski definition) is 6. The molecule has 0 spiro atoms. The first-order chi connectivity index (χ1) is 9.10. The van der Waals surface area contributed by atoms with Crippen molar-refractivity contribution in [2.24, 2.45) is 0 Å². The molecule has 0 N–H and O–H groups in total. The van der Waals surface area contributed by atoms with Crippen LogP contribution in [0.15, 0.2) is 5.57 Å². The molecular formula is C12H15N3O4. The topological polar surface area (TPSA) is 83.3 Å². The second kappa shape index (κ2) is 5.21. The van der Waals surface area contributed by atoms with Gasteiger partial charge < -0.3 is 14.0 Å². The maximum atomic E-state index is 12.0. The van der Waals surface area contributed by atoms with E-state index in [0.29, 0.717) is 11.6 Å². The van der Waals surface area contributed by atoms with E-state index in [1.54, 1.807) is 25.3 Å².